The topological polar surface area (TPSA) is 40.5 Å². The van der Waals surface area contributed by atoms with E-state index in [9.17, 15) is 10.2 Å². The number of aromatic hydroxyl groups is 2. The SMILES string of the molecule is CCCCCCCCCCCCCCC[C@H]1CC[C@H](CCC2CCC(c3ccc(O)cc3)(c3ccc(O)cc3)CC2)CC1. The van der Waals surface area contributed by atoms with Gasteiger partial charge in [-0.25, -0.2) is 0 Å². The van der Waals surface area contributed by atoms with Crippen LogP contribution in [0.3, 0.4) is 0 Å². The van der Waals surface area contributed by atoms with Gasteiger partial charge in [0.25, 0.3) is 0 Å². The second-order valence-electron chi connectivity index (χ2n) is 14.6. The molecule has 0 heterocycles. The summed E-state index contributed by atoms with van der Waals surface area (Å²) < 4.78 is 0. The molecule has 0 saturated heterocycles. The molecule has 2 aromatic carbocycles. The Morgan fingerprint density at radius 1 is 0.465 bits per heavy atom. The molecular formula is C41H64O2. The van der Waals surface area contributed by atoms with E-state index in [0.717, 1.165) is 30.6 Å². The van der Waals surface area contributed by atoms with Gasteiger partial charge in [0.1, 0.15) is 11.5 Å². The molecule has 0 amide bonds. The van der Waals surface area contributed by atoms with Crippen LogP contribution >= 0.6 is 0 Å². The predicted molar refractivity (Wildman–Crippen MR) is 184 cm³/mol. The van der Waals surface area contributed by atoms with Crippen LogP contribution in [0.2, 0.25) is 0 Å². The lowest BCUT2D eigenvalue weighted by molar-refractivity contribution is 0.208. The van der Waals surface area contributed by atoms with Gasteiger partial charge in [0, 0.05) is 5.41 Å². The molecule has 2 N–H and O–H groups in total. The molecule has 0 aromatic heterocycles. The molecule has 2 heteroatoms. The number of phenols is 2. The summed E-state index contributed by atoms with van der Waals surface area (Å²) in [5, 5.41) is 19.8. The van der Waals surface area contributed by atoms with Gasteiger partial charge in [-0.1, -0.05) is 160 Å². The van der Waals surface area contributed by atoms with Crippen molar-refractivity contribution in [3.63, 3.8) is 0 Å². The average molecular weight is 589 g/mol. The maximum atomic E-state index is 9.89. The molecule has 0 bridgehead atoms. The van der Waals surface area contributed by atoms with Crippen LogP contribution in [0.4, 0.5) is 0 Å². The minimum absolute atomic E-state index is 0.0104. The Labute approximate surface area is 265 Å². The summed E-state index contributed by atoms with van der Waals surface area (Å²) in [6, 6.07) is 15.8. The summed E-state index contributed by atoms with van der Waals surface area (Å²) >= 11 is 0. The summed E-state index contributed by atoms with van der Waals surface area (Å²) in [7, 11) is 0. The van der Waals surface area contributed by atoms with Crippen molar-refractivity contribution in [2.75, 3.05) is 0 Å². The fourth-order valence-corrected chi connectivity index (χ4v) is 8.50. The Kier molecular flexibility index (Phi) is 14.8. The number of unbranched alkanes of at least 4 members (excludes halogenated alkanes) is 12. The molecule has 2 aromatic rings. The van der Waals surface area contributed by atoms with Gasteiger partial charge in [-0.2, -0.15) is 0 Å². The second kappa shape index (κ2) is 18.8. The minimum atomic E-state index is -0.0104. The Bertz CT molecular complexity index is 930. The normalized spacial score (nSPS) is 20.8. The van der Waals surface area contributed by atoms with Crippen molar-refractivity contribution in [3.8, 4) is 11.5 Å². The molecule has 0 unspecified atom stereocenters. The van der Waals surface area contributed by atoms with Crippen molar-refractivity contribution >= 4 is 0 Å². The monoisotopic (exact) mass is 588 g/mol. The molecule has 0 atom stereocenters. The van der Waals surface area contributed by atoms with Crippen LogP contribution in [-0.2, 0) is 5.41 Å². The summed E-state index contributed by atoms with van der Waals surface area (Å²) in [6.07, 6.45) is 34.0. The largest absolute Gasteiger partial charge is 0.508 e. The van der Waals surface area contributed by atoms with Crippen molar-refractivity contribution in [2.24, 2.45) is 17.8 Å². The standard InChI is InChI=1S/C41H64O2/c1-2-3-4-5-6-7-8-9-10-11-12-13-14-15-34-16-18-35(19-17-34)20-21-36-30-32-41(33-31-36,37-22-26-39(42)27-23-37)38-24-28-40(43)29-25-38/h22-29,34-36,42-43H,2-21,30-33H2,1H3/t34-,35-. The molecule has 2 saturated carbocycles. The molecule has 0 radical (unpaired) electrons. The fourth-order valence-electron chi connectivity index (χ4n) is 8.50. The van der Waals surface area contributed by atoms with E-state index in [1.165, 1.54) is 152 Å². The van der Waals surface area contributed by atoms with Gasteiger partial charge in [-0.15, -0.1) is 0 Å². The number of benzene rings is 2. The second-order valence-corrected chi connectivity index (χ2v) is 14.6. The number of hydrogen-bond acceptors (Lipinski definition) is 2. The van der Waals surface area contributed by atoms with E-state index in [-0.39, 0.29) is 5.41 Å². The lowest BCUT2D eigenvalue weighted by atomic mass is 9.62. The highest BCUT2D eigenvalue weighted by Gasteiger charge is 2.38. The van der Waals surface area contributed by atoms with E-state index in [1.54, 1.807) is 0 Å². The van der Waals surface area contributed by atoms with Crippen molar-refractivity contribution < 1.29 is 10.2 Å². The van der Waals surface area contributed by atoms with Crippen molar-refractivity contribution in [1.29, 1.82) is 0 Å². The molecule has 240 valence electrons. The molecule has 43 heavy (non-hydrogen) atoms. The van der Waals surface area contributed by atoms with Crippen LogP contribution < -0.4 is 0 Å². The molecule has 4 rings (SSSR count). The smallest absolute Gasteiger partial charge is 0.115 e. The van der Waals surface area contributed by atoms with Gasteiger partial charge in [0.15, 0.2) is 0 Å². The van der Waals surface area contributed by atoms with E-state index >= 15 is 0 Å². The quantitative estimate of drug-likeness (QED) is 0.160. The molecular weight excluding hydrogens is 524 g/mol. The van der Waals surface area contributed by atoms with Gasteiger partial charge >= 0.3 is 0 Å². The highest BCUT2D eigenvalue weighted by molar-refractivity contribution is 5.43. The molecule has 2 aliphatic carbocycles. The molecule has 2 fully saturated rings. The van der Waals surface area contributed by atoms with Crippen LogP contribution in [0.5, 0.6) is 11.5 Å². The third kappa shape index (κ3) is 11.2. The van der Waals surface area contributed by atoms with Crippen molar-refractivity contribution in [1.82, 2.24) is 0 Å². The molecule has 2 nitrogen and oxygen atoms in total. The summed E-state index contributed by atoms with van der Waals surface area (Å²) in [4.78, 5) is 0. The van der Waals surface area contributed by atoms with E-state index in [1.807, 2.05) is 24.3 Å². The van der Waals surface area contributed by atoms with E-state index in [2.05, 4.69) is 31.2 Å². The third-order valence-corrected chi connectivity index (χ3v) is 11.5. The van der Waals surface area contributed by atoms with Gasteiger partial charge in [-0.05, 0) is 78.8 Å². The van der Waals surface area contributed by atoms with Gasteiger partial charge in [-0.3, -0.25) is 0 Å². The van der Waals surface area contributed by atoms with Gasteiger partial charge in [0.05, 0.1) is 0 Å². The third-order valence-electron chi connectivity index (χ3n) is 11.5. The zero-order chi connectivity index (χ0) is 30.2. The number of rotatable bonds is 19. The molecule has 0 spiro atoms. The summed E-state index contributed by atoms with van der Waals surface area (Å²) in [5.41, 5.74) is 2.59. The zero-order valence-electron chi connectivity index (χ0n) is 27.7. The highest BCUT2D eigenvalue weighted by atomic mass is 16.3. The molecule has 0 aliphatic heterocycles. The maximum absolute atomic E-state index is 9.89. The van der Waals surface area contributed by atoms with Gasteiger partial charge < -0.3 is 10.2 Å². The first-order chi connectivity index (χ1) is 21.1. The van der Waals surface area contributed by atoms with Crippen LogP contribution in [0.1, 0.15) is 172 Å². The van der Waals surface area contributed by atoms with E-state index < -0.39 is 0 Å². The first-order valence-corrected chi connectivity index (χ1v) is 18.7. The summed E-state index contributed by atoms with van der Waals surface area (Å²) in [5.74, 6) is 3.47. The Hall–Kier alpha value is -1.96. The van der Waals surface area contributed by atoms with Crippen LogP contribution in [0.25, 0.3) is 0 Å². The first-order valence-electron chi connectivity index (χ1n) is 18.7. The maximum Gasteiger partial charge on any atom is 0.115 e. The Morgan fingerprint density at radius 2 is 0.814 bits per heavy atom. The van der Waals surface area contributed by atoms with Crippen LogP contribution in [0.15, 0.2) is 48.5 Å². The number of phenolic OH excluding ortho intramolecular Hbond substituents is 2. The number of hydrogen-bond donors (Lipinski definition) is 2. The van der Waals surface area contributed by atoms with E-state index in [4.69, 9.17) is 0 Å². The first kappa shape index (κ1) is 33.9. The van der Waals surface area contributed by atoms with E-state index in [0.29, 0.717) is 11.5 Å². The van der Waals surface area contributed by atoms with Crippen LogP contribution in [0, 0.1) is 17.8 Å². The summed E-state index contributed by atoms with van der Waals surface area (Å²) in [6.45, 7) is 2.30. The van der Waals surface area contributed by atoms with Crippen molar-refractivity contribution in [2.45, 2.75) is 166 Å². The fraction of sp³-hybridized carbons (Fsp3) is 0.707. The zero-order valence-corrected chi connectivity index (χ0v) is 27.7. The van der Waals surface area contributed by atoms with Gasteiger partial charge in [0.2, 0.25) is 0 Å². The molecule has 2 aliphatic rings. The lowest BCUT2D eigenvalue weighted by Crippen LogP contribution is -2.33. The predicted octanol–water partition coefficient (Wildman–Crippen LogP) is 12.6. The minimum Gasteiger partial charge on any atom is -0.508 e. The van der Waals surface area contributed by atoms with Crippen LogP contribution in [-0.4, -0.2) is 10.2 Å². The Morgan fingerprint density at radius 3 is 1.23 bits per heavy atom. The lowest BCUT2D eigenvalue weighted by Gasteiger charge is -2.42. The van der Waals surface area contributed by atoms with Crippen molar-refractivity contribution in [3.05, 3.63) is 59.7 Å². The Balaban J connectivity index is 1.06. The average Bonchev–Trinajstić information content (AvgIpc) is 3.04. The highest BCUT2D eigenvalue weighted by Crippen LogP contribution is 2.48.